The van der Waals surface area contributed by atoms with Crippen LogP contribution in [0.1, 0.15) is 60.9 Å². The van der Waals surface area contributed by atoms with Crippen molar-refractivity contribution in [2.45, 2.75) is 69.5 Å². The zero-order valence-corrected chi connectivity index (χ0v) is 23.4. The molecule has 11 nitrogen and oxygen atoms in total. The molecule has 0 aromatic heterocycles. The summed E-state index contributed by atoms with van der Waals surface area (Å²) in [4.78, 5) is 65.7. The maximum absolute atomic E-state index is 13.7. The van der Waals surface area contributed by atoms with E-state index in [1.54, 1.807) is 12.1 Å². The van der Waals surface area contributed by atoms with Gasteiger partial charge >= 0.3 is 0 Å². The van der Waals surface area contributed by atoms with Crippen LogP contribution in [0.2, 0.25) is 0 Å². The highest BCUT2D eigenvalue weighted by molar-refractivity contribution is 6.38. The molecule has 42 heavy (non-hydrogen) atoms. The van der Waals surface area contributed by atoms with Gasteiger partial charge in [0.1, 0.15) is 6.04 Å². The van der Waals surface area contributed by atoms with E-state index < -0.39 is 41.5 Å². The summed E-state index contributed by atoms with van der Waals surface area (Å²) in [6.45, 7) is 0.525. The predicted octanol–water partition coefficient (Wildman–Crippen LogP) is 1.79. The number of hydrogen-bond acceptors (Lipinski definition) is 7. The Morgan fingerprint density at radius 1 is 0.881 bits per heavy atom. The van der Waals surface area contributed by atoms with E-state index in [9.17, 15) is 24.0 Å². The Bertz CT molecular complexity index is 1330. The van der Waals surface area contributed by atoms with Crippen LogP contribution in [-0.4, -0.2) is 60.9 Å². The van der Waals surface area contributed by atoms with Crippen LogP contribution in [0.4, 0.5) is 0 Å². The average Bonchev–Trinajstić information content (AvgIpc) is 3.65. The van der Waals surface area contributed by atoms with E-state index in [2.05, 4.69) is 21.3 Å². The SMILES string of the molecule is O=C(NC1CCCCC1)C(=O)[C@H](C[C@@H]1CCNC1=O)NC(=O)[C@H](Cc1ccccc1)NC(=O)c1ccc2c(c1)OCO2. The molecule has 0 unspecified atom stereocenters. The molecule has 2 aromatic rings. The fraction of sp³-hybridized carbons (Fsp3) is 0.452. The molecule has 3 atom stereocenters. The molecule has 4 N–H and O–H groups in total. The molecule has 222 valence electrons. The molecule has 4 amide bonds. The topological polar surface area (TPSA) is 152 Å². The number of fused-ring (bicyclic) bond motifs is 1. The van der Waals surface area contributed by atoms with Crippen molar-refractivity contribution < 1.29 is 33.4 Å². The highest BCUT2D eigenvalue weighted by Gasteiger charge is 2.36. The number of ether oxygens (including phenoxy) is 2. The molecular formula is C31H36N4O7. The number of Topliss-reactive ketones (excluding diaryl/α,β-unsaturated/α-hetero) is 1. The van der Waals surface area contributed by atoms with Gasteiger partial charge in [-0.15, -0.1) is 0 Å². The van der Waals surface area contributed by atoms with Crippen LogP contribution in [0.15, 0.2) is 48.5 Å². The molecule has 2 fully saturated rings. The van der Waals surface area contributed by atoms with Gasteiger partial charge in [-0.3, -0.25) is 24.0 Å². The van der Waals surface area contributed by atoms with E-state index in [0.29, 0.717) is 24.5 Å². The molecular weight excluding hydrogens is 540 g/mol. The molecule has 5 rings (SSSR count). The molecule has 11 heteroatoms. The molecule has 3 aliphatic rings. The number of carbonyl (C=O) groups is 5. The van der Waals surface area contributed by atoms with Crippen molar-refractivity contribution in [1.29, 1.82) is 0 Å². The second-order valence-electron chi connectivity index (χ2n) is 11.0. The third-order valence-corrected chi connectivity index (χ3v) is 8.02. The Morgan fingerprint density at radius 2 is 1.64 bits per heavy atom. The first-order valence-electron chi connectivity index (χ1n) is 14.5. The van der Waals surface area contributed by atoms with Crippen LogP contribution < -0.4 is 30.7 Å². The van der Waals surface area contributed by atoms with Crippen molar-refractivity contribution in [1.82, 2.24) is 21.3 Å². The summed E-state index contributed by atoms with van der Waals surface area (Å²) in [6, 6.07) is 11.5. The minimum Gasteiger partial charge on any atom is -0.454 e. The third kappa shape index (κ3) is 7.26. The van der Waals surface area contributed by atoms with Gasteiger partial charge < -0.3 is 30.7 Å². The highest BCUT2D eigenvalue weighted by Crippen LogP contribution is 2.32. The molecule has 0 bridgehead atoms. The van der Waals surface area contributed by atoms with Crippen molar-refractivity contribution >= 4 is 29.4 Å². The summed E-state index contributed by atoms with van der Waals surface area (Å²) >= 11 is 0. The second kappa shape index (κ2) is 13.5. The summed E-state index contributed by atoms with van der Waals surface area (Å²) in [5.74, 6) is -2.49. The van der Waals surface area contributed by atoms with Crippen LogP contribution >= 0.6 is 0 Å². The molecule has 1 aliphatic carbocycles. The molecule has 1 saturated carbocycles. The highest BCUT2D eigenvalue weighted by atomic mass is 16.7. The van der Waals surface area contributed by atoms with Crippen molar-refractivity contribution in [3.63, 3.8) is 0 Å². The van der Waals surface area contributed by atoms with Gasteiger partial charge in [0.25, 0.3) is 11.8 Å². The zero-order chi connectivity index (χ0) is 29.5. The first kappa shape index (κ1) is 29.1. The van der Waals surface area contributed by atoms with E-state index in [1.165, 1.54) is 6.07 Å². The predicted molar refractivity (Wildman–Crippen MR) is 152 cm³/mol. The lowest BCUT2D eigenvalue weighted by Crippen LogP contribution is -2.55. The Hall–Kier alpha value is -4.41. The minimum absolute atomic E-state index is 0.0113. The van der Waals surface area contributed by atoms with Gasteiger partial charge in [-0.25, -0.2) is 0 Å². The molecule has 1 saturated heterocycles. The summed E-state index contributed by atoms with van der Waals surface area (Å²) in [5, 5.41) is 11.0. The Labute approximate surface area is 244 Å². The fourth-order valence-electron chi connectivity index (χ4n) is 5.66. The maximum Gasteiger partial charge on any atom is 0.289 e. The molecule has 2 heterocycles. The third-order valence-electron chi connectivity index (χ3n) is 8.02. The fourth-order valence-corrected chi connectivity index (χ4v) is 5.66. The Kier molecular flexibility index (Phi) is 9.35. The van der Waals surface area contributed by atoms with Crippen molar-refractivity contribution in [3.8, 4) is 11.5 Å². The van der Waals surface area contributed by atoms with Crippen LogP contribution in [0.5, 0.6) is 11.5 Å². The van der Waals surface area contributed by atoms with E-state index >= 15 is 0 Å². The standard InChI is InChI=1S/C31H36N4O7/c36-27(31(40)33-22-9-5-2-6-10-22)23(16-21-13-14-32-28(21)37)34-30(39)24(15-19-7-3-1-4-8-19)35-29(38)20-11-12-25-26(17-20)42-18-41-25/h1,3-4,7-8,11-12,17,21-24H,2,5-6,9-10,13-16,18H2,(H,32,37)(H,33,40)(H,34,39)(H,35,38)/t21-,23-,24-/m0/s1. The lowest BCUT2D eigenvalue weighted by Gasteiger charge is -2.26. The van der Waals surface area contributed by atoms with E-state index in [4.69, 9.17) is 9.47 Å². The largest absolute Gasteiger partial charge is 0.454 e. The van der Waals surface area contributed by atoms with Gasteiger partial charge in [-0.1, -0.05) is 49.6 Å². The first-order valence-corrected chi connectivity index (χ1v) is 14.5. The molecule has 2 aromatic carbocycles. The van der Waals surface area contributed by atoms with Gasteiger partial charge in [0.2, 0.25) is 24.4 Å². The van der Waals surface area contributed by atoms with E-state index in [-0.39, 0.29) is 37.1 Å². The molecule has 0 radical (unpaired) electrons. The van der Waals surface area contributed by atoms with Gasteiger partial charge in [0.05, 0.1) is 6.04 Å². The van der Waals surface area contributed by atoms with Crippen LogP contribution in [0.25, 0.3) is 0 Å². The van der Waals surface area contributed by atoms with Crippen molar-refractivity contribution in [2.75, 3.05) is 13.3 Å². The lowest BCUT2D eigenvalue weighted by atomic mass is 9.93. The monoisotopic (exact) mass is 576 g/mol. The number of amides is 4. The molecule has 2 aliphatic heterocycles. The number of nitrogens with one attached hydrogen (secondary N) is 4. The number of ketones is 1. The Morgan fingerprint density at radius 3 is 2.38 bits per heavy atom. The lowest BCUT2D eigenvalue weighted by molar-refractivity contribution is -0.141. The molecule has 0 spiro atoms. The van der Waals surface area contributed by atoms with Crippen molar-refractivity contribution in [3.05, 3.63) is 59.7 Å². The second-order valence-corrected chi connectivity index (χ2v) is 11.0. The smallest absolute Gasteiger partial charge is 0.289 e. The summed E-state index contributed by atoms with van der Waals surface area (Å²) < 4.78 is 10.7. The first-order chi connectivity index (χ1) is 20.4. The van der Waals surface area contributed by atoms with Crippen molar-refractivity contribution in [2.24, 2.45) is 5.92 Å². The van der Waals surface area contributed by atoms with Crippen LogP contribution in [0, 0.1) is 5.92 Å². The number of hydrogen-bond donors (Lipinski definition) is 4. The quantitative estimate of drug-likeness (QED) is 0.298. The van der Waals surface area contributed by atoms with Crippen LogP contribution in [-0.2, 0) is 25.6 Å². The average molecular weight is 577 g/mol. The number of carbonyl (C=O) groups excluding carboxylic acids is 5. The van der Waals surface area contributed by atoms with Crippen LogP contribution in [0.3, 0.4) is 0 Å². The normalized spacial score (nSPS) is 19.3. The Balaban J connectivity index is 1.33. The number of benzene rings is 2. The van der Waals surface area contributed by atoms with E-state index in [1.807, 2.05) is 30.3 Å². The number of rotatable bonds is 11. The maximum atomic E-state index is 13.7. The van der Waals surface area contributed by atoms with Gasteiger partial charge in [0, 0.05) is 30.5 Å². The minimum atomic E-state index is -1.23. The zero-order valence-electron chi connectivity index (χ0n) is 23.4. The van der Waals surface area contributed by atoms with Gasteiger partial charge in [0.15, 0.2) is 11.5 Å². The summed E-state index contributed by atoms with van der Waals surface area (Å²) in [6.07, 6.45) is 5.27. The summed E-state index contributed by atoms with van der Waals surface area (Å²) in [7, 11) is 0. The summed E-state index contributed by atoms with van der Waals surface area (Å²) in [5.41, 5.74) is 1.06. The van der Waals surface area contributed by atoms with E-state index in [0.717, 1.165) is 37.7 Å². The van der Waals surface area contributed by atoms with Gasteiger partial charge in [-0.2, -0.15) is 0 Å². The van der Waals surface area contributed by atoms with Gasteiger partial charge in [-0.05, 0) is 49.4 Å².